The SMILES string of the molecule is O=C(O)CCCC[N+]1(O)CN([O-])C2C(Cc3ccccc3)SC(Cc3ccccc3)C21. The first-order valence-electron chi connectivity index (χ1n) is 10.9. The molecule has 0 saturated carbocycles. The van der Waals surface area contributed by atoms with Crippen LogP contribution in [0.3, 0.4) is 0 Å². The number of aliphatic carboxylic acids is 1. The summed E-state index contributed by atoms with van der Waals surface area (Å²) in [7, 11) is 0. The number of rotatable bonds is 9. The van der Waals surface area contributed by atoms with Crippen LogP contribution < -0.4 is 0 Å². The number of carboxylic acids is 1. The Balaban J connectivity index is 1.55. The predicted molar refractivity (Wildman–Crippen MR) is 122 cm³/mol. The number of quaternary nitrogens is 1. The number of carboxylic acid groups (broad SMARTS) is 1. The first kappa shape index (κ1) is 22.3. The van der Waals surface area contributed by atoms with Crippen LogP contribution in [0, 0.1) is 5.21 Å². The summed E-state index contributed by atoms with van der Waals surface area (Å²) in [4.78, 5) is 10.9. The molecule has 4 rings (SSSR count). The van der Waals surface area contributed by atoms with E-state index in [1.54, 1.807) is 0 Å². The number of hydrogen-bond donors (Lipinski definition) is 2. The maximum Gasteiger partial charge on any atom is 0.303 e. The van der Waals surface area contributed by atoms with Gasteiger partial charge in [-0.15, -0.1) is 11.8 Å². The van der Waals surface area contributed by atoms with E-state index in [1.165, 1.54) is 11.1 Å². The molecule has 0 aliphatic carbocycles. The van der Waals surface area contributed by atoms with Crippen LogP contribution in [0.25, 0.3) is 0 Å². The van der Waals surface area contributed by atoms with Gasteiger partial charge in [-0.25, -0.2) is 5.21 Å². The van der Waals surface area contributed by atoms with E-state index >= 15 is 0 Å². The lowest BCUT2D eigenvalue weighted by Gasteiger charge is -2.34. The van der Waals surface area contributed by atoms with Crippen LogP contribution in [0.1, 0.15) is 30.4 Å². The van der Waals surface area contributed by atoms with Gasteiger partial charge >= 0.3 is 5.97 Å². The number of thioether (sulfide) groups is 1. The number of benzene rings is 2. The van der Waals surface area contributed by atoms with Gasteiger partial charge in [-0.05, 0) is 30.4 Å². The van der Waals surface area contributed by atoms with Crippen LogP contribution in [0.5, 0.6) is 0 Å². The first-order chi connectivity index (χ1) is 15.0. The molecule has 2 heterocycles. The van der Waals surface area contributed by atoms with Crippen molar-refractivity contribution >= 4 is 17.7 Å². The van der Waals surface area contributed by atoms with Crippen molar-refractivity contribution in [3.05, 3.63) is 77.0 Å². The maximum atomic E-state index is 13.0. The second-order valence-electron chi connectivity index (χ2n) is 8.69. The van der Waals surface area contributed by atoms with E-state index in [-0.39, 0.29) is 40.3 Å². The molecule has 0 radical (unpaired) electrons. The van der Waals surface area contributed by atoms with E-state index in [2.05, 4.69) is 24.3 Å². The van der Waals surface area contributed by atoms with Crippen molar-refractivity contribution < 1.29 is 19.8 Å². The summed E-state index contributed by atoms with van der Waals surface area (Å²) in [5.74, 6) is -0.824. The van der Waals surface area contributed by atoms with Gasteiger partial charge in [0.15, 0.2) is 6.67 Å². The van der Waals surface area contributed by atoms with Crippen LogP contribution in [-0.2, 0) is 17.6 Å². The van der Waals surface area contributed by atoms with Crippen LogP contribution >= 0.6 is 11.8 Å². The zero-order valence-corrected chi connectivity index (χ0v) is 18.4. The Morgan fingerprint density at radius 1 is 1.00 bits per heavy atom. The third kappa shape index (κ3) is 5.13. The minimum absolute atomic E-state index is 0.0551. The highest BCUT2D eigenvalue weighted by Gasteiger charge is 2.60. The van der Waals surface area contributed by atoms with Gasteiger partial charge in [-0.1, -0.05) is 60.7 Å². The summed E-state index contributed by atoms with van der Waals surface area (Å²) in [5.41, 5.74) is 2.41. The third-order valence-corrected chi connectivity index (χ3v) is 8.07. The molecule has 2 aromatic rings. The summed E-state index contributed by atoms with van der Waals surface area (Å²) < 4.78 is -0.274. The minimum Gasteiger partial charge on any atom is -0.781 e. The van der Waals surface area contributed by atoms with Gasteiger partial charge in [0.1, 0.15) is 12.6 Å². The van der Waals surface area contributed by atoms with E-state index in [0.717, 1.165) is 17.9 Å². The van der Waals surface area contributed by atoms with E-state index in [9.17, 15) is 15.2 Å². The summed E-state index contributed by atoms with van der Waals surface area (Å²) in [5, 5.41) is 34.9. The normalized spacial score (nSPS) is 30.4. The van der Waals surface area contributed by atoms with Crippen molar-refractivity contribution in [1.82, 2.24) is 5.06 Å². The average Bonchev–Trinajstić information content (AvgIpc) is 3.23. The lowest BCUT2D eigenvalue weighted by Crippen LogP contribution is -2.55. The van der Waals surface area contributed by atoms with Crippen LogP contribution in [0.4, 0.5) is 0 Å². The third-order valence-electron chi connectivity index (χ3n) is 6.48. The summed E-state index contributed by atoms with van der Waals surface area (Å²) in [6, 6.07) is 20.0. The molecule has 0 spiro atoms. The summed E-state index contributed by atoms with van der Waals surface area (Å²) in [6.45, 7) is 0.469. The molecule has 31 heavy (non-hydrogen) atoms. The summed E-state index contributed by atoms with van der Waals surface area (Å²) >= 11 is 1.83. The van der Waals surface area contributed by atoms with E-state index < -0.39 is 5.97 Å². The molecule has 7 heteroatoms. The quantitative estimate of drug-likeness (QED) is 0.452. The van der Waals surface area contributed by atoms with Crippen LogP contribution in [0.2, 0.25) is 0 Å². The molecule has 2 aliphatic rings. The highest BCUT2D eigenvalue weighted by Crippen LogP contribution is 2.48. The highest BCUT2D eigenvalue weighted by atomic mass is 32.2. The fraction of sp³-hybridized carbons (Fsp3) is 0.458. The molecule has 2 aromatic carbocycles. The number of carbonyl (C=O) groups is 1. The zero-order chi connectivity index (χ0) is 21.8. The largest absolute Gasteiger partial charge is 0.781 e. The fourth-order valence-electron chi connectivity index (χ4n) is 5.12. The Morgan fingerprint density at radius 2 is 1.58 bits per heavy atom. The Bertz CT molecular complexity index is 868. The molecule has 0 bridgehead atoms. The lowest BCUT2D eigenvalue weighted by molar-refractivity contribution is -1.11. The number of nitrogens with zero attached hydrogens (tertiary/aromatic N) is 2. The second kappa shape index (κ2) is 9.71. The predicted octanol–water partition coefficient (Wildman–Crippen LogP) is 3.92. The van der Waals surface area contributed by atoms with Crippen molar-refractivity contribution in [2.24, 2.45) is 0 Å². The number of unbranched alkanes of at least 4 members (excludes halogenated alkanes) is 1. The van der Waals surface area contributed by atoms with Crippen molar-refractivity contribution in [1.29, 1.82) is 0 Å². The molecule has 2 aliphatic heterocycles. The monoisotopic (exact) mass is 442 g/mol. The van der Waals surface area contributed by atoms with Gasteiger partial charge in [-0.2, -0.15) is 4.65 Å². The molecule has 2 N–H and O–H groups in total. The smallest absolute Gasteiger partial charge is 0.303 e. The Morgan fingerprint density at radius 3 is 2.16 bits per heavy atom. The van der Waals surface area contributed by atoms with Gasteiger partial charge in [0.25, 0.3) is 0 Å². The minimum atomic E-state index is -0.824. The Hall–Kier alpha value is -1.90. The van der Waals surface area contributed by atoms with E-state index in [0.29, 0.717) is 19.4 Å². The first-order valence-corrected chi connectivity index (χ1v) is 11.9. The number of fused-ring (bicyclic) bond motifs is 1. The Labute approximate surface area is 187 Å². The lowest BCUT2D eigenvalue weighted by atomic mass is 9.94. The molecule has 166 valence electrons. The van der Waals surface area contributed by atoms with E-state index in [4.69, 9.17) is 5.11 Å². The van der Waals surface area contributed by atoms with Gasteiger partial charge in [0.05, 0.1) is 11.3 Å². The van der Waals surface area contributed by atoms with Gasteiger partial charge in [-0.3, -0.25) is 4.79 Å². The maximum absolute atomic E-state index is 13.0. The number of hydrogen-bond acceptors (Lipinski definition) is 5. The molecular weight excluding hydrogens is 412 g/mol. The molecule has 5 atom stereocenters. The van der Waals surface area contributed by atoms with Gasteiger partial charge in [0.2, 0.25) is 0 Å². The second-order valence-corrected chi connectivity index (χ2v) is 10.2. The highest BCUT2D eigenvalue weighted by molar-refractivity contribution is 8.00. The molecule has 2 saturated heterocycles. The van der Waals surface area contributed by atoms with Crippen molar-refractivity contribution in [3.63, 3.8) is 0 Å². The van der Waals surface area contributed by atoms with Crippen LogP contribution in [-0.4, -0.2) is 61.8 Å². The van der Waals surface area contributed by atoms with Gasteiger partial charge in [0, 0.05) is 18.1 Å². The fourth-order valence-corrected chi connectivity index (χ4v) is 7.15. The molecular formula is C24H30N2O4S. The van der Waals surface area contributed by atoms with Crippen molar-refractivity contribution in [2.45, 2.75) is 54.7 Å². The van der Waals surface area contributed by atoms with Crippen molar-refractivity contribution in [2.75, 3.05) is 13.2 Å². The summed E-state index contributed by atoms with van der Waals surface area (Å²) in [6.07, 6.45) is 2.80. The molecule has 2 fully saturated rings. The number of hydroxylamine groups is 5. The molecule has 5 unspecified atom stereocenters. The molecule has 0 aromatic heterocycles. The van der Waals surface area contributed by atoms with Crippen LogP contribution in [0.15, 0.2) is 60.7 Å². The molecule has 6 nitrogen and oxygen atoms in total. The molecule has 0 amide bonds. The van der Waals surface area contributed by atoms with Crippen molar-refractivity contribution in [3.8, 4) is 0 Å². The van der Waals surface area contributed by atoms with E-state index in [1.807, 2.05) is 48.2 Å². The Kier molecular flexibility index (Phi) is 6.99. The standard InChI is InChI=1S/C24H30N2O4S/c27-22(28)13-7-8-14-26(30)17-25(29)23-20(15-18-9-3-1-4-10-18)31-21(24(23)26)16-19-11-5-2-6-12-19/h1-6,9-12,20-21,23-24,30H,7-8,13-17H2,(H,27,28). The van der Waals surface area contributed by atoms with Gasteiger partial charge < -0.3 is 15.4 Å². The topological polar surface area (TPSA) is 83.8 Å². The zero-order valence-electron chi connectivity index (χ0n) is 17.5. The average molecular weight is 443 g/mol.